The first-order valence-electron chi connectivity index (χ1n) is 6.78. The van der Waals surface area contributed by atoms with Crippen molar-refractivity contribution in [3.8, 4) is 0 Å². The van der Waals surface area contributed by atoms with Crippen molar-refractivity contribution in [3.63, 3.8) is 0 Å². The Kier molecular flexibility index (Phi) is 3.80. The van der Waals surface area contributed by atoms with Gasteiger partial charge in [-0.3, -0.25) is 4.79 Å². The van der Waals surface area contributed by atoms with Crippen LogP contribution >= 0.6 is 22.6 Å². The molecule has 4 atom stereocenters. The molecule has 1 N–H and O–H groups in total. The van der Waals surface area contributed by atoms with Crippen LogP contribution in [0, 0.1) is 9.49 Å². The van der Waals surface area contributed by atoms with Gasteiger partial charge < -0.3 is 10.1 Å². The third-order valence-electron chi connectivity index (χ3n) is 4.45. The minimum atomic E-state index is -0.0681. The van der Waals surface area contributed by atoms with Crippen molar-refractivity contribution in [2.45, 2.75) is 37.3 Å². The summed E-state index contributed by atoms with van der Waals surface area (Å²) in [5, 5.41) is 3.56. The maximum atomic E-state index is 12.1. The highest BCUT2D eigenvalue weighted by Crippen LogP contribution is 2.42. The molecule has 2 saturated heterocycles. The van der Waals surface area contributed by atoms with E-state index in [-0.39, 0.29) is 17.9 Å². The van der Waals surface area contributed by atoms with Gasteiger partial charge in [-0.05, 0) is 59.5 Å². The molecule has 3 nitrogen and oxygen atoms in total. The molecule has 102 valence electrons. The number of benzene rings is 1. The predicted molar refractivity (Wildman–Crippen MR) is 82.0 cm³/mol. The molecule has 19 heavy (non-hydrogen) atoms. The van der Waals surface area contributed by atoms with E-state index in [1.165, 1.54) is 22.7 Å². The van der Waals surface area contributed by atoms with Gasteiger partial charge in [-0.2, -0.15) is 0 Å². The third-order valence-corrected chi connectivity index (χ3v) is 5.17. The van der Waals surface area contributed by atoms with Crippen LogP contribution < -0.4 is 5.32 Å². The van der Waals surface area contributed by atoms with Crippen molar-refractivity contribution in [3.05, 3.63) is 33.4 Å². The summed E-state index contributed by atoms with van der Waals surface area (Å²) >= 11 is 2.31. The van der Waals surface area contributed by atoms with E-state index >= 15 is 0 Å². The van der Waals surface area contributed by atoms with Gasteiger partial charge in [0.05, 0.1) is 13.0 Å². The van der Waals surface area contributed by atoms with Gasteiger partial charge in [0.1, 0.15) is 0 Å². The lowest BCUT2D eigenvalue weighted by atomic mass is 9.77. The fourth-order valence-electron chi connectivity index (χ4n) is 3.57. The first-order chi connectivity index (χ1) is 9.19. The van der Waals surface area contributed by atoms with E-state index in [9.17, 15) is 4.79 Å². The Bertz CT molecular complexity index is 474. The highest BCUT2D eigenvalue weighted by molar-refractivity contribution is 14.1. The minimum Gasteiger partial charge on any atom is -0.469 e. The fourth-order valence-corrected chi connectivity index (χ4v) is 3.93. The van der Waals surface area contributed by atoms with E-state index in [1.807, 2.05) is 0 Å². The Morgan fingerprint density at radius 2 is 2.05 bits per heavy atom. The second-order valence-electron chi connectivity index (χ2n) is 5.49. The van der Waals surface area contributed by atoms with Gasteiger partial charge in [-0.15, -0.1) is 0 Å². The summed E-state index contributed by atoms with van der Waals surface area (Å²) < 4.78 is 6.26. The Morgan fingerprint density at radius 1 is 1.32 bits per heavy atom. The van der Waals surface area contributed by atoms with Gasteiger partial charge in [-0.1, -0.05) is 12.1 Å². The minimum absolute atomic E-state index is 0.0381. The van der Waals surface area contributed by atoms with Crippen LogP contribution in [0.4, 0.5) is 0 Å². The molecule has 2 aliphatic rings. The standard InChI is InChI=1S/C15H18INO2/c1-19-15(18)14-12(8-11-6-7-13(14)17-11)9-2-4-10(16)5-3-9/h2-5,11-14,17H,6-8H2,1H3/t11-,12+,13-,14-/m0/s1. The lowest BCUT2D eigenvalue weighted by Crippen LogP contribution is -2.48. The van der Waals surface area contributed by atoms with Gasteiger partial charge in [0.25, 0.3) is 0 Å². The molecular weight excluding hydrogens is 353 g/mol. The van der Waals surface area contributed by atoms with E-state index in [0.717, 1.165) is 12.8 Å². The average molecular weight is 371 g/mol. The summed E-state index contributed by atoms with van der Waals surface area (Å²) in [5.74, 6) is 0.188. The number of nitrogens with one attached hydrogen (secondary N) is 1. The van der Waals surface area contributed by atoms with Crippen LogP contribution in [0.3, 0.4) is 0 Å². The van der Waals surface area contributed by atoms with E-state index < -0.39 is 0 Å². The van der Waals surface area contributed by atoms with Crippen LogP contribution in [-0.2, 0) is 9.53 Å². The molecular formula is C15H18INO2. The fraction of sp³-hybridized carbons (Fsp3) is 0.533. The Labute approximate surface area is 127 Å². The Morgan fingerprint density at radius 3 is 2.74 bits per heavy atom. The number of hydrogen-bond acceptors (Lipinski definition) is 3. The molecule has 2 fully saturated rings. The van der Waals surface area contributed by atoms with Crippen LogP contribution in [0.15, 0.2) is 24.3 Å². The highest BCUT2D eigenvalue weighted by Gasteiger charge is 2.46. The van der Waals surface area contributed by atoms with Crippen molar-refractivity contribution >= 4 is 28.6 Å². The topological polar surface area (TPSA) is 38.3 Å². The largest absolute Gasteiger partial charge is 0.469 e. The van der Waals surface area contributed by atoms with Crippen LogP contribution in [0.1, 0.15) is 30.7 Å². The van der Waals surface area contributed by atoms with Gasteiger partial charge in [-0.25, -0.2) is 0 Å². The molecule has 1 aromatic carbocycles. The monoisotopic (exact) mass is 371 g/mol. The van der Waals surface area contributed by atoms with Crippen molar-refractivity contribution < 1.29 is 9.53 Å². The maximum Gasteiger partial charge on any atom is 0.310 e. The highest BCUT2D eigenvalue weighted by atomic mass is 127. The Hall–Kier alpha value is -0.620. The van der Waals surface area contributed by atoms with E-state index in [4.69, 9.17) is 4.74 Å². The number of carbonyl (C=O) groups is 1. The normalized spacial score (nSPS) is 33.2. The molecule has 2 heterocycles. The van der Waals surface area contributed by atoms with Crippen molar-refractivity contribution in [1.82, 2.24) is 5.32 Å². The Balaban J connectivity index is 1.92. The molecule has 4 heteroatoms. The van der Waals surface area contributed by atoms with Gasteiger partial charge in [0.2, 0.25) is 0 Å². The van der Waals surface area contributed by atoms with Crippen LogP contribution in [0.2, 0.25) is 0 Å². The molecule has 0 aromatic heterocycles. The molecule has 2 aliphatic heterocycles. The average Bonchev–Trinajstić information content (AvgIpc) is 2.80. The molecule has 0 spiro atoms. The first-order valence-corrected chi connectivity index (χ1v) is 7.86. The number of hydrogen-bond donors (Lipinski definition) is 1. The lowest BCUT2D eigenvalue weighted by molar-refractivity contribution is -0.148. The molecule has 0 aliphatic carbocycles. The van der Waals surface area contributed by atoms with Crippen LogP contribution in [0.5, 0.6) is 0 Å². The number of ether oxygens (including phenoxy) is 1. The number of fused-ring (bicyclic) bond motifs is 2. The molecule has 0 unspecified atom stereocenters. The zero-order valence-electron chi connectivity index (χ0n) is 10.9. The van der Waals surface area contributed by atoms with Crippen molar-refractivity contribution in [2.75, 3.05) is 7.11 Å². The molecule has 2 bridgehead atoms. The summed E-state index contributed by atoms with van der Waals surface area (Å²) in [7, 11) is 1.49. The molecule has 0 radical (unpaired) electrons. The predicted octanol–water partition coefficient (Wildman–Crippen LogP) is 2.69. The first kappa shape index (κ1) is 13.4. The van der Waals surface area contributed by atoms with Crippen molar-refractivity contribution in [1.29, 1.82) is 0 Å². The number of esters is 1. The van der Waals surface area contributed by atoms with E-state index in [1.54, 1.807) is 0 Å². The smallest absolute Gasteiger partial charge is 0.310 e. The lowest BCUT2D eigenvalue weighted by Gasteiger charge is -2.36. The molecule has 3 rings (SSSR count). The zero-order chi connectivity index (χ0) is 13.4. The summed E-state index contributed by atoms with van der Waals surface area (Å²) in [4.78, 5) is 12.1. The van der Waals surface area contributed by atoms with Crippen molar-refractivity contribution in [2.24, 2.45) is 5.92 Å². The summed E-state index contributed by atoms with van der Waals surface area (Å²) in [6.07, 6.45) is 3.31. The second kappa shape index (κ2) is 5.40. The summed E-state index contributed by atoms with van der Waals surface area (Å²) in [6, 6.07) is 9.41. The summed E-state index contributed by atoms with van der Waals surface area (Å²) in [5.41, 5.74) is 1.27. The number of piperidine rings is 1. The number of halogens is 1. The van der Waals surface area contributed by atoms with Crippen LogP contribution in [0.25, 0.3) is 0 Å². The zero-order valence-corrected chi connectivity index (χ0v) is 13.1. The van der Waals surface area contributed by atoms with Crippen LogP contribution in [-0.4, -0.2) is 25.2 Å². The maximum absolute atomic E-state index is 12.1. The molecule has 1 aromatic rings. The number of methoxy groups -OCH3 is 1. The third kappa shape index (κ3) is 2.52. The number of rotatable bonds is 2. The van der Waals surface area contributed by atoms with E-state index in [2.05, 4.69) is 52.2 Å². The quantitative estimate of drug-likeness (QED) is 0.642. The molecule has 0 amide bonds. The molecule has 0 saturated carbocycles. The summed E-state index contributed by atoms with van der Waals surface area (Å²) in [6.45, 7) is 0. The number of carbonyl (C=O) groups excluding carboxylic acids is 1. The van der Waals surface area contributed by atoms with Gasteiger partial charge in [0, 0.05) is 21.6 Å². The van der Waals surface area contributed by atoms with E-state index in [0.29, 0.717) is 12.0 Å². The van der Waals surface area contributed by atoms with Gasteiger partial charge >= 0.3 is 5.97 Å². The second-order valence-corrected chi connectivity index (χ2v) is 6.74. The van der Waals surface area contributed by atoms with Gasteiger partial charge in [0.15, 0.2) is 0 Å². The SMILES string of the molecule is COC(=O)[C@@H]1[C@@H]2CC[C@@H](C[C@@H]1c1ccc(I)cc1)N2.